The van der Waals surface area contributed by atoms with Crippen LogP contribution in [-0.4, -0.2) is 18.4 Å². The highest BCUT2D eigenvalue weighted by molar-refractivity contribution is 5.69. The summed E-state index contributed by atoms with van der Waals surface area (Å²) in [7, 11) is 0. The zero-order chi connectivity index (χ0) is 35.6. The number of rotatable bonds is 16. The summed E-state index contributed by atoms with van der Waals surface area (Å²) in [5.41, 5.74) is 2.46. The molecule has 0 bridgehead atoms. The summed E-state index contributed by atoms with van der Waals surface area (Å²) >= 11 is 0. The molecule has 0 spiro atoms. The van der Waals surface area contributed by atoms with Crippen molar-refractivity contribution in [1.29, 1.82) is 0 Å². The highest BCUT2D eigenvalue weighted by Gasteiger charge is 2.68. The van der Waals surface area contributed by atoms with Gasteiger partial charge in [0.15, 0.2) is 0 Å². The molecule has 4 saturated carbocycles. The highest BCUT2D eigenvalue weighted by Crippen LogP contribution is 2.75. The van der Waals surface area contributed by atoms with E-state index in [0.717, 1.165) is 57.8 Å². The Morgan fingerprint density at radius 3 is 1.94 bits per heavy atom. The van der Waals surface area contributed by atoms with Gasteiger partial charge in [0.05, 0.1) is 0 Å². The van der Waals surface area contributed by atoms with Crippen molar-refractivity contribution in [2.45, 2.75) is 216 Å². The van der Waals surface area contributed by atoms with E-state index in [4.69, 9.17) is 4.74 Å². The van der Waals surface area contributed by atoms with Crippen LogP contribution in [0.1, 0.15) is 209 Å². The highest BCUT2D eigenvalue weighted by atomic mass is 16.5. The van der Waals surface area contributed by atoms with E-state index in [2.05, 4.69) is 61.5 Å². The lowest BCUT2D eigenvalue weighted by Gasteiger charge is -2.71. The summed E-state index contributed by atoms with van der Waals surface area (Å²) in [5, 5.41) is 0. The topological polar surface area (TPSA) is 43.4 Å². The number of aldehydes is 1. The fourth-order valence-corrected chi connectivity index (χ4v) is 13.2. The molecule has 0 saturated heterocycles. The Kier molecular flexibility index (Phi) is 12.3. The molecule has 0 radical (unpaired) electrons. The second kappa shape index (κ2) is 15.5. The molecular formula is C46H78O3. The zero-order valence-electron chi connectivity index (χ0n) is 33.7. The van der Waals surface area contributed by atoms with Gasteiger partial charge in [-0.15, -0.1) is 0 Å². The van der Waals surface area contributed by atoms with Gasteiger partial charge in [0.2, 0.25) is 0 Å². The number of unbranched alkanes of at least 4 members (excludes halogenated alkanes) is 12. The summed E-state index contributed by atoms with van der Waals surface area (Å²) in [6, 6.07) is 0. The molecule has 0 N–H and O–H groups in total. The van der Waals surface area contributed by atoms with Gasteiger partial charge in [0, 0.05) is 17.3 Å². The van der Waals surface area contributed by atoms with E-state index in [-0.39, 0.29) is 39.1 Å². The largest absolute Gasteiger partial charge is 0.462 e. The Labute approximate surface area is 303 Å². The molecule has 5 aliphatic carbocycles. The first-order valence-electron chi connectivity index (χ1n) is 21.6. The Balaban J connectivity index is 1.13. The van der Waals surface area contributed by atoms with Gasteiger partial charge in [-0.25, -0.2) is 0 Å². The quantitative estimate of drug-likeness (QED) is 0.0706. The van der Waals surface area contributed by atoms with Gasteiger partial charge in [-0.1, -0.05) is 144 Å². The summed E-state index contributed by atoms with van der Waals surface area (Å²) in [4.78, 5) is 26.0. The molecule has 5 rings (SSSR count). The van der Waals surface area contributed by atoms with Gasteiger partial charge in [-0.2, -0.15) is 0 Å². The van der Waals surface area contributed by atoms with Crippen LogP contribution in [0.3, 0.4) is 0 Å². The molecule has 0 unspecified atom stereocenters. The number of allylic oxidation sites excluding steroid dienone is 2. The van der Waals surface area contributed by atoms with E-state index in [9.17, 15) is 9.59 Å². The fraction of sp³-hybridized carbons (Fsp3) is 0.913. The van der Waals surface area contributed by atoms with Crippen LogP contribution in [0.2, 0.25) is 0 Å². The second-order valence-corrected chi connectivity index (χ2v) is 20.4. The van der Waals surface area contributed by atoms with Crippen molar-refractivity contribution < 1.29 is 14.3 Å². The van der Waals surface area contributed by atoms with E-state index in [1.807, 2.05) is 0 Å². The monoisotopic (exact) mass is 679 g/mol. The number of fused-ring (bicyclic) bond motifs is 7. The Morgan fingerprint density at radius 2 is 1.33 bits per heavy atom. The van der Waals surface area contributed by atoms with Gasteiger partial charge in [-0.05, 0) is 110 Å². The lowest BCUT2D eigenvalue weighted by molar-refractivity contribution is -0.212. The van der Waals surface area contributed by atoms with Crippen molar-refractivity contribution >= 4 is 12.3 Å². The van der Waals surface area contributed by atoms with Gasteiger partial charge >= 0.3 is 5.97 Å². The van der Waals surface area contributed by atoms with E-state index in [0.29, 0.717) is 29.6 Å². The third-order valence-corrected chi connectivity index (χ3v) is 16.6. The van der Waals surface area contributed by atoms with Crippen molar-refractivity contribution in [3.05, 3.63) is 11.6 Å². The lowest BCUT2D eigenvalue weighted by atomic mass is 9.33. The maximum absolute atomic E-state index is 13.2. The molecule has 0 aliphatic heterocycles. The Hall–Kier alpha value is -1.12. The van der Waals surface area contributed by atoms with Gasteiger partial charge in [-0.3, -0.25) is 4.79 Å². The normalized spacial score (nSPS) is 39.1. The maximum Gasteiger partial charge on any atom is 0.306 e. The number of carbonyl (C=O) groups excluding carboxylic acids is 2. The molecule has 0 heterocycles. The molecule has 4 fully saturated rings. The first kappa shape index (κ1) is 39.1. The molecule has 49 heavy (non-hydrogen) atoms. The van der Waals surface area contributed by atoms with E-state index in [1.165, 1.54) is 96.2 Å². The van der Waals surface area contributed by atoms with Crippen LogP contribution in [0, 0.1) is 50.2 Å². The Bertz CT molecular complexity index is 1160. The van der Waals surface area contributed by atoms with E-state index in [1.54, 1.807) is 5.57 Å². The molecule has 3 nitrogen and oxygen atoms in total. The molecule has 3 heteroatoms. The fourth-order valence-electron chi connectivity index (χ4n) is 13.2. The molecular weight excluding hydrogens is 601 g/mol. The van der Waals surface area contributed by atoms with Gasteiger partial charge < -0.3 is 9.53 Å². The van der Waals surface area contributed by atoms with Crippen LogP contribution in [-0.2, 0) is 14.3 Å². The third kappa shape index (κ3) is 7.54. The summed E-state index contributed by atoms with van der Waals surface area (Å²) in [5.74, 6) is 1.65. The van der Waals surface area contributed by atoms with E-state index >= 15 is 0 Å². The van der Waals surface area contributed by atoms with Crippen molar-refractivity contribution in [3.63, 3.8) is 0 Å². The maximum atomic E-state index is 13.2. The van der Waals surface area contributed by atoms with Crippen molar-refractivity contribution in [1.82, 2.24) is 0 Å². The lowest BCUT2D eigenvalue weighted by Crippen LogP contribution is -2.65. The summed E-state index contributed by atoms with van der Waals surface area (Å²) in [6.07, 6.45) is 33.3. The molecule has 0 amide bonds. The van der Waals surface area contributed by atoms with E-state index < -0.39 is 0 Å². The van der Waals surface area contributed by atoms with Crippen molar-refractivity contribution in [2.24, 2.45) is 50.2 Å². The average molecular weight is 679 g/mol. The smallest absolute Gasteiger partial charge is 0.306 e. The number of carbonyl (C=O) groups is 2. The van der Waals surface area contributed by atoms with Crippen LogP contribution >= 0.6 is 0 Å². The van der Waals surface area contributed by atoms with Gasteiger partial charge in [0.25, 0.3) is 0 Å². The number of hydrogen-bond acceptors (Lipinski definition) is 3. The zero-order valence-corrected chi connectivity index (χ0v) is 33.7. The predicted octanol–water partition coefficient (Wildman–Crippen LogP) is 13.4. The van der Waals surface area contributed by atoms with Gasteiger partial charge in [0.1, 0.15) is 12.4 Å². The molecule has 0 aromatic heterocycles. The van der Waals surface area contributed by atoms with Crippen LogP contribution < -0.4 is 0 Å². The minimum absolute atomic E-state index is 0.0164. The number of hydrogen-bond donors (Lipinski definition) is 0. The van der Waals surface area contributed by atoms with Crippen LogP contribution in [0.5, 0.6) is 0 Å². The first-order valence-corrected chi connectivity index (χ1v) is 21.6. The minimum Gasteiger partial charge on any atom is -0.462 e. The van der Waals surface area contributed by atoms with Crippen molar-refractivity contribution in [2.75, 3.05) is 0 Å². The Morgan fingerprint density at radius 1 is 0.735 bits per heavy atom. The molecule has 8 atom stereocenters. The first-order chi connectivity index (χ1) is 23.2. The molecule has 0 aromatic carbocycles. The molecule has 280 valence electrons. The third-order valence-electron chi connectivity index (χ3n) is 16.6. The minimum atomic E-state index is -0.137. The molecule has 0 aromatic rings. The second-order valence-electron chi connectivity index (χ2n) is 20.4. The number of ether oxygens (including phenoxy) is 1. The molecule has 5 aliphatic rings. The number of esters is 1. The van der Waals surface area contributed by atoms with Crippen LogP contribution in [0.15, 0.2) is 11.6 Å². The average Bonchev–Trinajstić information content (AvgIpc) is 3.05. The van der Waals surface area contributed by atoms with Crippen molar-refractivity contribution in [3.8, 4) is 0 Å². The van der Waals surface area contributed by atoms with Crippen LogP contribution in [0.25, 0.3) is 0 Å². The summed E-state index contributed by atoms with van der Waals surface area (Å²) < 4.78 is 6.39. The standard InChI is InChI=1S/C46H78O3/c1-9-10-11-12-13-14-15-16-17-18-19-20-21-22-40(48)49-39-26-27-43(6)37(42(39,4)5)25-28-45(8)38(43)24-23-35-36-33-41(2,3)29-31-46(36,34-47)32-30-44(35,45)7/h23,34,36-39H,9-22,24-33H2,1-8H3/t36-,37+,38-,39+,43+,44-,45-,46-/m1/s1. The summed E-state index contributed by atoms with van der Waals surface area (Å²) in [6.45, 7) is 19.9. The predicted molar refractivity (Wildman–Crippen MR) is 205 cm³/mol. The van der Waals surface area contributed by atoms with Crippen LogP contribution in [0.4, 0.5) is 0 Å². The SMILES string of the molecule is CCCCCCCCCCCCCCCC(=O)O[C@H]1CC[C@]2(C)[C@H]3CC=C4[C@H]5CC(C)(C)CC[C@]5(C=O)CC[C@@]4(C)[C@]3(C)CC[C@H]2C1(C)C.